The number of benzene rings is 9. The van der Waals surface area contributed by atoms with E-state index in [1.54, 1.807) is 0 Å². The Morgan fingerprint density at radius 2 is 0.906 bits per heavy atom. The monoisotopic (exact) mass is 693 g/mol. The van der Waals surface area contributed by atoms with Gasteiger partial charge in [-0.25, -0.2) is 0 Å². The fourth-order valence-electron chi connectivity index (χ4n) is 8.99. The number of aromatic nitrogens is 1. The molecule has 1 aromatic heterocycles. The molecule has 1 unspecified atom stereocenters. The maximum Gasteiger partial charge on any atom is 0.172 e. The molecule has 0 fully saturated rings. The minimum absolute atomic E-state index is 0.867. The Hall–Kier alpha value is -6.47. The zero-order chi connectivity index (χ0) is 35.1. The number of nitrogens with zero attached hydrogens (tertiary/aromatic N) is 1. The second-order valence-electron chi connectivity index (χ2n) is 13.9. The average molecular weight is 694 g/mol. The van der Waals surface area contributed by atoms with E-state index in [2.05, 4.69) is 162 Å². The Labute approximate surface area is 307 Å². The summed E-state index contributed by atoms with van der Waals surface area (Å²) in [5.41, 5.74) is 10.2. The van der Waals surface area contributed by atoms with E-state index in [0.717, 1.165) is 49.1 Å². The maximum absolute atomic E-state index is 15.6. The highest BCUT2D eigenvalue weighted by molar-refractivity contribution is 7.86. The van der Waals surface area contributed by atoms with Gasteiger partial charge in [0.1, 0.15) is 0 Å². The molecule has 0 saturated carbocycles. The summed E-state index contributed by atoms with van der Waals surface area (Å²) in [5, 5.41) is 9.88. The molecular weight excluding hydrogens is 662 g/mol. The third kappa shape index (κ3) is 4.25. The summed E-state index contributed by atoms with van der Waals surface area (Å²) in [6.07, 6.45) is 0. The van der Waals surface area contributed by atoms with Crippen molar-refractivity contribution in [2.75, 3.05) is 0 Å². The first-order valence-electron chi connectivity index (χ1n) is 18.1. The minimum atomic E-state index is -3.13. The topological polar surface area (TPSA) is 22.0 Å². The lowest BCUT2D eigenvalue weighted by atomic mass is 9.86. The lowest BCUT2D eigenvalue weighted by Gasteiger charge is -2.19. The molecule has 0 amide bonds. The summed E-state index contributed by atoms with van der Waals surface area (Å²) < 4.78 is 18.1. The fraction of sp³-hybridized carbons (Fsp3) is 0. The van der Waals surface area contributed by atoms with Crippen LogP contribution in [0.3, 0.4) is 0 Å². The van der Waals surface area contributed by atoms with Gasteiger partial charge in [-0.15, -0.1) is 0 Å². The first kappa shape index (κ1) is 30.2. The highest BCUT2D eigenvalue weighted by atomic mass is 31.2. The number of fused-ring (bicyclic) bond motifs is 9. The lowest BCUT2D eigenvalue weighted by Crippen LogP contribution is -2.20. The van der Waals surface area contributed by atoms with E-state index in [0.29, 0.717) is 0 Å². The van der Waals surface area contributed by atoms with Crippen molar-refractivity contribution in [2.24, 2.45) is 0 Å². The van der Waals surface area contributed by atoms with Crippen molar-refractivity contribution in [3.05, 3.63) is 194 Å². The Morgan fingerprint density at radius 3 is 1.60 bits per heavy atom. The molecule has 1 aliphatic heterocycles. The number of para-hydroxylation sites is 1. The first-order valence-corrected chi connectivity index (χ1v) is 19.8. The molecule has 1 atom stereocenters. The second-order valence-corrected chi connectivity index (χ2v) is 16.6. The zero-order valence-electron chi connectivity index (χ0n) is 28.8. The van der Waals surface area contributed by atoms with E-state index in [-0.39, 0.29) is 0 Å². The molecule has 0 radical (unpaired) electrons. The van der Waals surface area contributed by atoms with Crippen LogP contribution in [0.1, 0.15) is 0 Å². The van der Waals surface area contributed by atoms with Gasteiger partial charge >= 0.3 is 0 Å². The van der Waals surface area contributed by atoms with Crippen molar-refractivity contribution in [1.82, 2.24) is 4.57 Å². The molecule has 2 heterocycles. The normalized spacial score (nSPS) is 14.9. The van der Waals surface area contributed by atoms with Crippen LogP contribution in [0, 0.1) is 0 Å². The Morgan fingerprint density at radius 1 is 0.377 bits per heavy atom. The Kier molecular flexibility index (Phi) is 6.56. The van der Waals surface area contributed by atoms with Gasteiger partial charge in [0, 0.05) is 37.9 Å². The maximum atomic E-state index is 15.6. The van der Waals surface area contributed by atoms with Crippen molar-refractivity contribution in [3.8, 4) is 39.1 Å². The van der Waals surface area contributed by atoms with Crippen molar-refractivity contribution in [2.45, 2.75) is 0 Å². The zero-order valence-corrected chi connectivity index (χ0v) is 29.7. The Bertz CT molecular complexity index is 3130. The predicted molar refractivity (Wildman–Crippen MR) is 225 cm³/mol. The van der Waals surface area contributed by atoms with Gasteiger partial charge in [-0.2, -0.15) is 0 Å². The molecule has 0 aliphatic carbocycles. The van der Waals surface area contributed by atoms with Gasteiger partial charge in [-0.05, 0) is 73.6 Å². The van der Waals surface area contributed by atoms with Crippen LogP contribution in [0.15, 0.2) is 194 Å². The van der Waals surface area contributed by atoms with Crippen LogP contribution in [0.5, 0.6) is 0 Å². The van der Waals surface area contributed by atoms with Crippen LogP contribution >= 0.6 is 7.14 Å². The predicted octanol–water partition coefficient (Wildman–Crippen LogP) is 12.0. The van der Waals surface area contributed by atoms with E-state index in [4.69, 9.17) is 0 Å². The third-order valence-electron chi connectivity index (χ3n) is 11.2. The van der Waals surface area contributed by atoms with Gasteiger partial charge in [-0.1, -0.05) is 170 Å². The summed E-state index contributed by atoms with van der Waals surface area (Å²) in [6, 6.07) is 68.7. The molecule has 53 heavy (non-hydrogen) atoms. The van der Waals surface area contributed by atoms with Gasteiger partial charge in [-0.3, -0.25) is 0 Å². The molecule has 1 aliphatic rings. The molecule has 0 bridgehead atoms. The van der Waals surface area contributed by atoms with Gasteiger partial charge < -0.3 is 9.13 Å². The number of rotatable bonds is 4. The van der Waals surface area contributed by atoms with Crippen LogP contribution in [-0.2, 0) is 4.57 Å². The van der Waals surface area contributed by atoms with Crippen molar-refractivity contribution < 1.29 is 4.57 Å². The summed E-state index contributed by atoms with van der Waals surface area (Å²) >= 11 is 0. The van der Waals surface area contributed by atoms with E-state index in [1.807, 2.05) is 36.4 Å². The molecule has 0 N–H and O–H groups in total. The smallest absolute Gasteiger partial charge is 0.172 e. The minimum Gasteiger partial charge on any atom is -0.309 e. The molecule has 0 spiro atoms. The highest BCUT2D eigenvalue weighted by Gasteiger charge is 2.41. The molecule has 10 aromatic rings. The summed E-state index contributed by atoms with van der Waals surface area (Å²) in [5.74, 6) is 0. The number of hydrogen-bond donors (Lipinski definition) is 0. The Balaban J connectivity index is 1.30. The fourth-order valence-corrected chi connectivity index (χ4v) is 12.0. The molecule has 2 nitrogen and oxygen atoms in total. The van der Waals surface area contributed by atoms with Crippen molar-refractivity contribution >= 4 is 66.4 Å². The third-order valence-corrected chi connectivity index (χ3v) is 14.3. The summed E-state index contributed by atoms with van der Waals surface area (Å²) in [4.78, 5) is 0. The molecule has 3 heteroatoms. The standard InChI is InChI=1S/C50H32NOP/c52-53(36-20-8-3-9-21-36)45-27-15-13-25-42(45)49-46(53)31-30-41-37-22-12-14-26-44(37)51(50(41)49)35-28-29-40-43(32-35)48(34-18-6-2-7-19-34)39-24-11-10-23-38(39)47(40)33-16-4-1-5-17-33/h1-32H. The van der Waals surface area contributed by atoms with Gasteiger partial charge in [0.2, 0.25) is 0 Å². The van der Waals surface area contributed by atoms with Crippen LogP contribution < -0.4 is 15.9 Å². The van der Waals surface area contributed by atoms with Gasteiger partial charge in [0.25, 0.3) is 0 Å². The molecule has 9 aromatic carbocycles. The van der Waals surface area contributed by atoms with Crippen molar-refractivity contribution in [3.63, 3.8) is 0 Å². The molecular formula is C50H32NOP. The highest BCUT2D eigenvalue weighted by Crippen LogP contribution is 2.55. The van der Waals surface area contributed by atoms with Gasteiger partial charge in [0.05, 0.1) is 11.0 Å². The van der Waals surface area contributed by atoms with E-state index < -0.39 is 7.14 Å². The first-order chi connectivity index (χ1) is 26.2. The van der Waals surface area contributed by atoms with Crippen LogP contribution in [0.25, 0.3) is 82.4 Å². The van der Waals surface area contributed by atoms with E-state index in [9.17, 15) is 0 Å². The lowest BCUT2D eigenvalue weighted by molar-refractivity contribution is 0.593. The van der Waals surface area contributed by atoms with Crippen LogP contribution in [0.2, 0.25) is 0 Å². The van der Waals surface area contributed by atoms with Crippen LogP contribution in [0.4, 0.5) is 0 Å². The average Bonchev–Trinajstić information content (AvgIpc) is 3.71. The summed E-state index contributed by atoms with van der Waals surface area (Å²) in [6.45, 7) is 0. The van der Waals surface area contributed by atoms with Crippen LogP contribution in [-0.4, -0.2) is 4.57 Å². The second kappa shape index (κ2) is 11.5. The molecule has 0 saturated heterocycles. The molecule has 11 rings (SSSR count). The summed E-state index contributed by atoms with van der Waals surface area (Å²) in [7, 11) is -3.13. The molecule has 248 valence electrons. The van der Waals surface area contributed by atoms with E-state index >= 15 is 4.57 Å². The SMILES string of the molecule is O=P1(c2ccccc2)c2ccccc2-c2c1ccc1c3ccccc3n(-c3ccc4c(-c5ccccc5)c5ccccc5c(-c5ccccc5)c4c3)c21. The van der Waals surface area contributed by atoms with E-state index in [1.165, 1.54) is 49.2 Å². The number of hydrogen-bond acceptors (Lipinski definition) is 1. The van der Waals surface area contributed by atoms with Crippen molar-refractivity contribution in [1.29, 1.82) is 0 Å². The largest absolute Gasteiger partial charge is 0.309 e. The quantitative estimate of drug-likeness (QED) is 0.133. The van der Waals surface area contributed by atoms with Gasteiger partial charge in [0.15, 0.2) is 7.14 Å².